The molecule has 1 amide bonds. The van der Waals surface area contributed by atoms with E-state index in [0.29, 0.717) is 6.54 Å². The standard InChI is InChI=1S/C12H15FN2O3/c1-7(6-14-2)11(16)15-10-5-8(12(17)18)3-4-9(10)13/h3-5,7,14H,6H2,1-2H3,(H,15,16)(H,17,18). The van der Waals surface area contributed by atoms with Crippen LogP contribution in [0.1, 0.15) is 17.3 Å². The summed E-state index contributed by atoms with van der Waals surface area (Å²) in [7, 11) is 1.70. The molecule has 3 N–H and O–H groups in total. The van der Waals surface area contributed by atoms with E-state index in [1.54, 1.807) is 14.0 Å². The lowest BCUT2D eigenvalue weighted by molar-refractivity contribution is -0.119. The summed E-state index contributed by atoms with van der Waals surface area (Å²) in [5.74, 6) is -2.55. The molecule has 0 aromatic heterocycles. The molecule has 1 atom stereocenters. The lowest BCUT2D eigenvalue weighted by atomic mass is 10.1. The maximum absolute atomic E-state index is 13.4. The second-order valence-corrected chi connectivity index (χ2v) is 3.95. The first-order chi connectivity index (χ1) is 8.45. The topological polar surface area (TPSA) is 78.4 Å². The van der Waals surface area contributed by atoms with Crippen LogP contribution in [0.5, 0.6) is 0 Å². The number of nitrogens with one attached hydrogen (secondary N) is 2. The maximum Gasteiger partial charge on any atom is 0.335 e. The van der Waals surface area contributed by atoms with Crippen LogP contribution in [0.2, 0.25) is 0 Å². The van der Waals surface area contributed by atoms with E-state index < -0.39 is 11.8 Å². The third-order valence-corrected chi connectivity index (χ3v) is 2.43. The quantitative estimate of drug-likeness (QED) is 0.740. The van der Waals surface area contributed by atoms with Crippen LogP contribution in [0.4, 0.5) is 10.1 Å². The number of hydrogen-bond donors (Lipinski definition) is 3. The van der Waals surface area contributed by atoms with Crippen LogP contribution < -0.4 is 10.6 Å². The van der Waals surface area contributed by atoms with Gasteiger partial charge in [0.2, 0.25) is 5.91 Å². The SMILES string of the molecule is CNCC(C)C(=O)Nc1cc(C(=O)O)ccc1F. The minimum atomic E-state index is -1.17. The van der Waals surface area contributed by atoms with Crippen LogP contribution in [0.15, 0.2) is 18.2 Å². The number of amides is 1. The summed E-state index contributed by atoms with van der Waals surface area (Å²) >= 11 is 0. The van der Waals surface area contributed by atoms with Gasteiger partial charge in [0, 0.05) is 12.5 Å². The van der Waals surface area contributed by atoms with Crippen molar-refractivity contribution in [2.45, 2.75) is 6.92 Å². The van der Waals surface area contributed by atoms with Crippen molar-refractivity contribution >= 4 is 17.6 Å². The predicted octanol–water partition coefficient (Wildman–Crippen LogP) is 1.32. The van der Waals surface area contributed by atoms with Crippen molar-refractivity contribution in [1.82, 2.24) is 5.32 Å². The summed E-state index contributed by atoms with van der Waals surface area (Å²) in [5.41, 5.74) is -0.198. The fraction of sp³-hybridized carbons (Fsp3) is 0.333. The molecule has 98 valence electrons. The van der Waals surface area contributed by atoms with Gasteiger partial charge in [-0.2, -0.15) is 0 Å². The molecule has 0 aliphatic heterocycles. The zero-order chi connectivity index (χ0) is 13.7. The number of halogens is 1. The summed E-state index contributed by atoms with van der Waals surface area (Å²) in [6.07, 6.45) is 0. The highest BCUT2D eigenvalue weighted by Gasteiger charge is 2.15. The van der Waals surface area contributed by atoms with Gasteiger partial charge in [0.05, 0.1) is 11.3 Å². The van der Waals surface area contributed by atoms with E-state index in [4.69, 9.17) is 5.11 Å². The molecule has 0 fully saturated rings. The molecule has 1 unspecified atom stereocenters. The normalized spacial score (nSPS) is 11.9. The third kappa shape index (κ3) is 3.53. The number of carboxylic acids is 1. The van der Waals surface area contributed by atoms with E-state index in [-0.39, 0.29) is 23.1 Å². The fourth-order valence-corrected chi connectivity index (χ4v) is 1.41. The first kappa shape index (κ1) is 14.1. The molecule has 0 aliphatic rings. The summed E-state index contributed by atoms with van der Waals surface area (Å²) in [6, 6.07) is 3.26. The highest BCUT2D eigenvalue weighted by atomic mass is 19.1. The molecule has 0 bridgehead atoms. The van der Waals surface area contributed by atoms with Gasteiger partial charge in [0.25, 0.3) is 0 Å². The molecule has 0 aliphatic carbocycles. The number of carboxylic acid groups (broad SMARTS) is 1. The Bertz CT molecular complexity index is 463. The first-order valence-electron chi connectivity index (χ1n) is 5.44. The average Bonchev–Trinajstić information content (AvgIpc) is 2.31. The predicted molar refractivity (Wildman–Crippen MR) is 65.1 cm³/mol. The smallest absolute Gasteiger partial charge is 0.335 e. The van der Waals surface area contributed by atoms with Gasteiger partial charge in [-0.05, 0) is 25.2 Å². The Labute approximate surface area is 104 Å². The number of anilines is 1. The van der Waals surface area contributed by atoms with Crippen LogP contribution >= 0.6 is 0 Å². The zero-order valence-corrected chi connectivity index (χ0v) is 10.2. The van der Waals surface area contributed by atoms with E-state index in [1.165, 1.54) is 0 Å². The van der Waals surface area contributed by atoms with Gasteiger partial charge >= 0.3 is 5.97 Å². The molecule has 0 radical (unpaired) electrons. The van der Waals surface area contributed by atoms with Gasteiger partial charge in [0.1, 0.15) is 5.82 Å². The van der Waals surface area contributed by atoms with E-state index in [1.807, 2.05) is 0 Å². The van der Waals surface area contributed by atoms with E-state index in [9.17, 15) is 14.0 Å². The molecular formula is C12H15FN2O3. The van der Waals surface area contributed by atoms with Gasteiger partial charge < -0.3 is 15.7 Å². The Hall–Kier alpha value is -1.95. The van der Waals surface area contributed by atoms with Gasteiger partial charge in [0.15, 0.2) is 0 Å². The summed E-state index contributed by atoms with van der Waals surface area (Å²) < 4.78 is 13.4. The number of carbonyl (C=O) groups is 2. The summed E-state index contributed by atoms with van der Waals surface area (Å²) in [6.45, 7) is 2.14. The fourth-order valence-electron chi connectivity index (χ4n) is 1.41. The van der Waals surface area contributed by atoms with Crippen LogP contribution in [0.25, 0.3) is 0 Å². The molecule has 18 heavy (non-hydrogen) atoms. The Balaban J connectivity index is 2.86. The van der Waals surface area contributed by atoms with Crippen molar-refractivity contribution in [3.8, 4) is 0 Å². The average molecular weight is 254 g/mol. The molecule has 0 spiro atoms. The van der Waals surface area contributed by atoms with Crippen molar-refractivity contribution in [2.75, 3.05) is 18.9 Å². The van der Waals surface area contributed by atoms with E-state index >= 15 is 0 Å². The van der Waals surface area contributed by atoms with Crippen LogP contribution in [0, 0.1) is 11.7 Å². The Morgan fingerprint density at radius 3 is 2.67 bits per heavy atom. The largest absolute Gasteiger partial charge is 0.478 e. The monoisotopic (exact) mass is 254 g/mol. The number of hydrogen-bond acceptors (Lipinski definition) is 3. The van der Waals surface area contributed by atoms with Gasteiger partial charge in [-0.25, -0.2) is 9.18 Å². The van der Waals surface area contributed by atoms with Gasteiger partial charge in [-0.3, -0.25) is 4.79 Å². The summed E-state index contributed by atoms with van der Waals surface area (Å²) in [4.78, 5) is 22.4. The minimum absolute atomic E-state index is 0.0760. The van der Waals surface area contributed by atoms with Crippen LogP contribution in [-0.4, -0.2) is 30.6 Å². The van der Waals surface area contributed by atoms with Crippen LogP contribution in [0.3, 0.4) is 0 Å². The number of rotatable bonds is 5. The molecular weight excluding hydrogens is 239 g/mol. The van der Waals surface area contributed by atoms with Gasteiger partial charge in [-0.1, -0.05) is 6.92 Å². The molecule has 0 heterocycles. The molecule has 1 rings (SSSR count). The van der Waals surface area contributed by atoms with Crippen molar-refractivity contribution < 1.29 is 19.1 Å². The van der Waals surface area contributed by atoms with E-state index in [2.05, 4.69) is 10.6 Å². The highest BCUT2D eigenvalue weighted by molar-refractivity contribution is 5.95. The summed E-state index contributed by atoms with van der Waals surface area (Å²) in [5, 5.41) is 14.0. The Kier molecular flexibility index (Phi) is 4.79. The molecule has 6 heteroatoms. The number of carbonyl (C=O) groups excluding carboxylic acids is 1. The van der Waals surface area contributed by atoms with Crippen molar-refractivity contribution in [3.63, 3.8) is 0 Å². The molecule has 0 saturated carbocycles. The number of aromatic carboxylic acids is 1. The minimum Gasteiger partial charge on any atom is -0.478 e. The molecule has 1 aromatic rings. The van der Waals surface area contributed by atoms with Crippen molar-refractivity contribution in [2.24, 2.45) is 5.92 Å². The second kappa shape index (κ2) is 6.11. The Morgan fingerprint density at radius 2 is 2.11 bits per heavy atom. The van der Waals surface area contributed by atoms with E-state index in [0.717, 1.165) is 18.2 Å². The molecule has 1 aromatic carbocycles. The van der Waals surface area contributed by atoms with Crippen molar-refractivity contribution in [3.05, 3.63) is 29.6 Å². The lowest BCUT2D eigenvalue weighted by Crippen LogP contribution is -2.29. The van der Waals surface area contributed by atoms with Gasteiger partial charge in [-0.15, -0.1) is 0 Å². The molecule has 0 saturated heterocycles. The maximum atomic E-state index is 13.4. The highest BCUT2D eigenvalue weighted by Crippen LogP contribution is 2.17. The lowest BCUT2D eigenvalue weighted by Gasteiger charge is -2.12. The second-order valence-electron chi connectivity index (χ2n) is 3.95. The Morgan fingerprint density at radius 1 is 1.44 bits per heavy atom. The van der Waals surface area contributed by atoms with Crippen molar-refractivity contribution in [1.29, 1.82) is 0 Å². The van der Waals surface area contributed by atoms with Crippen LogP contribution in [-0.2, 0) is 4.79 Å². The third-order valence-electron chi connectivity index (χ3n) is 2.43. The number of benzene rings is 1. The zero-order valence-electron chi connectivity index (χ0n) is 10.2. The molecule has 5 nitrogen and oxygen atoms in total. The first-order valence-corrected chi connectivity index (χ1v) is 5.44.